The largest absolute Gasteiger partial charge is 1.00 e. The van der Waals surface area contributed by atoms with Gasteiger partial charge >= 0.3 is 69.7 Å². The Morgan fingerprint density at radius 1 is 0.803 bits per heavy atom. The Kier molecular flexibility index (Phi) is 21.2. The monoisotopic (exact) mass is 978 g/mol. The average molecular weight is 979 g/mol. The summed E-state index contributed by atoms with van der Waals surface area (Å²) in [7, 11) is -12.4. The second-order valence-corrected chi connectivity index (χ2v) is 21.2. The Hall–Kier alpha value is -2.67. The summed E-state index contributed by atoms with van der Waals surface area (Å²) in [4.78, 5) is 1.84. The molecule has 0 radical (unpaired) electrons. The molecule has 0 saturated heterocycles. The van der Waals surface area contributed by atoms with E-state index in [1.807, 2.05) is 0 Å². The van der Waals surface area contributed by atoms with Crippen molar-refractivity contribution < 1.29 is 107 Å². The third-order valence-corrected chi connectivity index (χ3v) is 13.9. The number of hydrogen-bond acceptors (Lipinski definition) is 11. The molecule has 0 unspecified atom stereocenters. The molecule has 1 aliphatic carbocycles. The van der Waals surface area contributed by atoms with E-state index >= 15 is 0 Å². The normalized spacial score (nSPS) is 17.7. The van der Waals surface area contributed by atoms with Gasteiger partial charge in [-0.25, -0.2) is 16.8 Å². The predicted octanol–water partition coefficient (Wildman–Crippen LogP) is 3.70. The Labute approximate surface area is 438 Å². The Morgan fingerprint density at radius 3 is 2.05 bits per heavy atom. The Balaban J connectivity index is 0.00000185. The van der Waals surface area contributed by atoms with Crippen molar-refractivity contribution in [3.05, 3.63) is 131 Å². The quantitative estimate of drug-likeness (QED) is 0.0672. The maximum absolute atomic E-state index is 12.2. The van der Waals surface area contributed by atoms with Gasteiger partial charge in [-0.1, -0.05) is 70.7 Å². The topological polar surface area (TPSA) is 181 Å². The molecule has 17 heteroatoms. The molecule has 0 spiro atoms. The molecule has 3 aliphatic rings. The second kappa shape index (κ2) is 24.2. The maximum atomic E-state index is 12.2. The second-order valence-electron chi connectivity index (χ2n) is 18.1. The molecule has 0 aromatic heterocycles. The van der Waals surface area contributed by atoms with Crippen LogP contribution in [0.2, 0.25) is 0 Å². The van der Waals surface area contributed by atoms with Crippen LogP contribution in [-0.4, -0.2) is 61.9 Å². The molecule has 346 valence electrons. The summed E-state index contributed by atoms with van der Waals surface area (Å²) in [5, 5.41) is 0. The fraction of sp³-hybridized carbons (Fsp3) is 0.429. The maximum Gasteiger partial charge on any atom is 1.00 e. The van der Waals surface area contributed by atoms with Crippen LogP contribution >= 0.6 is 0 Å². The van der Waals surface area contributed by atoms with Gasteiger partial charge in [0.1, 0.15) is 38.3 Å². The number of aryl methyl sites for hydroxylation is 1. The first-order valence-corrected chi connectivity index (χ1v) is 25.5. The van der Waals surface area contributed by atoms with Gasteiger partial charge in [0.15, 0.2) is 5.71 Å². The van der Waals surface area contributed by atoms with Gasteiger partial charge in [-0.05, 0) is 124 Å². The van der Waals surface area contributed by atoms with E-state index in [1.54, 1.807) is 6.07 Å². The zero-order chi connectivity index (χ0) is 47.2. The molecule has 0 fully saturated rings. The smallest absolute Gasteiger partial charge is 0.744 e. The van der Waals surface area contributed by atoms with E-state index in [2.05, 4.69) is 107 Å². The third-order valence-electron chi connectivity index (χ3n) is 12.2. The minimum atomic E-state index is -4.66. The average Bonchev–Trinajstić information content (AvgIpc) is 3.55. The summed E-state index contributed by atoms with van der Waals surface area (Å²) < 4.78 is 106. The fourth-order valence-electron chi connectivity index (χ4n) is 8.85. The molecule has 3 aromatic rings. The minimum Gasteiger partial charge on any atom is -0.744 e. The number of ether oxygens (including phenoxy) is 1. The molecule has 66 heavy (non-hydrogen) atoms. The van der Waals surface area contributed by atoms with Gasteiger partial charge in [-0.15, -0.1) is 12.6 Å². The van der Waals surface area contributed by atoms with Crippen molar-refractivity contribution in [3.63, 3.8) is 0 Å². The zero-order valence-corrected chi connectivity index (χ0v) is 46.3. The van der Waals surface area contributed by atoms with E-state index in [0.29, 0.717) is 23.8 Å². The molecule has 12 nitrogen and oxygen atoms in total. The van der Waals surface area contributed by atoms with Crippen LogP contribution in [0.25, 0.3) is 0 Å². The van der Waals surface area contributed by atoms with E-state index in [4.69, 9.17) is 17.4 Å². The molecule has 3 aromatic carbocycles. The van der Waals surface area contributed by atoms with Crippen molar-refractivity contribution >= 4 is 47.9 Å². The number of benzene rings is 3. The molecule has 2 aliphatic heterocycles. The first kappa shape index (κ1) is 57.6. The van der Waals surface area contributed by atoms with Crippen molar-refractivity contribution in [2.24, 2.45) is 5.92 Å². The zero-order valence-electron chi connectivity index (χ0n) is 39.8. The van der Waals surface area contributed by atoms with Crippen LogP contribution in [0, 0.1) is 19.8 Å². The van der Waals surface area contributed by atoms with Crippen LogP contribution in [0.5, 0.6) is 5.75 Å². The van der Waals surface area contributed by atoms with Crippen molar-refractivity contribution in [2.75, 3.05) is 18.0 Å². The van der Waals surface area contributed by atoms with E-state index in [1.165, 1.54) is 58.9 Å². The Morgan fingerprint density at radius 2 is 1.44 bits per heavy atom. The summed E-state index contributed by atoms with van der Waals surface area (Å²) in [5.74, 6) is 1.69. The molecule has 0 saturated carbocycles. The fourth-order valence-corrected chi connectivity index (χ4v) is 9.82. The molecular weight excluding hydrogens is 919 g/mol. The van der Waals surface area contributed by atoms with Gasteiger partial charge < -0.3 is 25.7 Å². The van der Waals surface area contributed by atoms with E-state index < -0.39 is 36.3 Å². The predicted molar refractivity (Wildman–Crippen MR) is 248 cm³/mol. The summed E-state index contributed by atoms with van der Waals surface area (Å²) >= 11 is 0. The molecule has 0 amide bonds. The first-order valence-electron chi connectivity index (χ1n) is 21.7. The number of nitrogens with zero attached hydrogens (tertiary/aromatic N) is 2. The number of allylic oxidation sites excluding steroid dienone is 7. The van der Waals surface area contributed by atoms with Gasteiger partial charge in [-0.3, -0.25) is 0 Å². The number of rotatable bonds is 16. The summed E-state index contributed by atoms with van der Waals surface area (Å²) in [6.45, 7) is 20.9. The molecule has 0 bridgehead atoms. The number of hydrogen-bond donors (Lipinski definition) is 0. The number of anilines is 1. The van der Waals surface area contributed by atoms with Gasteiger partial charge in [0.25, 0.3) is 0 Å². The first-order chi connectivity index (χ1) is 30.0. The van der Waals surface area contributed by atoms with Crippen LogP contribution in [0.3, 0.4) is 0 Å². The summed E-state index contributed by atoms with van der Waals surface area (Å²) in [6, 6.07) is 16.9. The van der Waals surface area contributed by atoms with E-state index in [9.17, 15) is 25.9 Å². The standard InChI is InChI=1S/C49H62N2O7S2.2Na.O3S/c1-9-10-30-50-43-26-18-35(4)32-41(43)48(5,6)45(50)28-19-36-16-14-17-37(47(36)58-38-21-23-39(24-22-38)59(52,53)54)20-29-46-49(7,8)42-33-40(60(55,56)57)25-27-44(42)51(46)31-13-11-12-15-34(2)3;;;1-4(2)3/h18-29,32-34H,1,9-17,30-31H2,2-8H3,(H,52,53,54)(H,55,56,57);;;/q;2*+1;/p-2. The van der Waals surface area contributed by atoms with Crippen LogP contribution in [0.4, 0.5) is 11.4 Å². The molecule has 6 rings (SSSR count). The number of unbranched alkanes of at least 4 members (excludes halogenated alkanes) is 3. The molecule has 0 atom stereocenters. The van der Waals surface area contributed by atoms with Crippen molar-refractivity contribution in [1.29, 1.82) is 0 Å². The van der Waals surface area contributed by atoms with Gasteiger partial charge in [0, 0.05) is 47.5 Å². The summed E-state index contributed by atoms with van der Waals surface area (Å²) in [5.41, 5.74) is 8.60. The van der Waals surface area contributed by atoms with Crippen LogP contribution in [0.1, 0.15) is 116 Å². The van der Waals surface area contributed by atoms with E-state index in [-0.39, 0.29) is 74.3 Å². The number of fused-ring (bicyclic) bond motifs is 2. The van der Waals surface area contributed by atoms with Crippen molar-refractivity contribution in [2.45, 2.75) is 127 Å². The van der Waals surface area contributed by atoms with E-state index in [0.717, 1.165) is 92.6 Å². The van der Waals surface area contributed by atoms with Crippen LogP contribution in [-0.2, 0) is 41.7 Å². The SMILES string of the molecule is O=S(=O)=O.[CH2-]CCCN1/C(=C/C=C2\CCCC(/C=C/C3=[N+](CCCCCC(C)C)c4ccc(S(=O)(=O)[O-])cc4C3(C)C)=C2Oc2ccc(S(=O)(=O)[O-])cc2)C(C)(C)c2cc(C)ccc21.[Na+].[Na+]. The van der Waals surface area contributed by atoms with Gasteiger partial charge in [0.05, 0.1) is 15.2 Å². The molecule has 2 heterocycles. The van der Waals surface area contributed by atoms with Crippen LogP contribution in [0.15, 0.2) is 117 Å². The Bertz CT molecular complexity index is 2730. The van der Waals surface area contributed by atoms with Gasteiger partial charge in [-0.2, -0.15) is 11.0 Å². The third kappa shape index (κ3) is 14.2. The molecule has 0 N–H and O–H groups in total. The minimum absolute atomic E-state index is 0. The van der Waals surface area contributed by atoms with Crippen LogP contribution < -0.4 is 68.8 Å². The van der Waals surface area contributed by atoms with Crippen molar-refractivity contribution in [3.8, 4) is 5.75 Å². The molecular formula is C49H60N2Na2O10S3. The van der Waals surface area contributed by atoms with Gasteiger partial charge in [0.2, 0.25) is 5.69 Å². The summed E-state index contributed by atoms with van der Waals surface area (Å²) in [6.07, 6.45) is 16.9. The van der Waals surface area contributed by atoms with Crippen molar-refractivity contribution in [1.82, 2.24) is 0 Å².